The van der Waals surface area contributed by atoms with Crippen LogP contribution in [0.4, 0.5) is 5.82 Å². The molecule has 8 heteroatoms. The first kappa shape index (κ1) is 21.1. The number of carbonyl (C=O) groups is 1. The molecule has 25 heavy (non-hydrogen) atoms. The van der Waals surface area contributed by atoms with Gasteiger partial charge in [-0.05, 0) is 31.4 Å². The molecule has 2 aromatic rings. The number of carbonyl (C=O) groups excluding carboxylic acids is 1. The molecule has 1 amide bonds. The number of nitrogens with zero attached hydrogens (tertiary/aromatic N) is 4. The second kappa shape index (κ2) is 10.8. The maximum absolute atomic E-state index is 12.2. The van der Waals surface area contributed by atoms with Crippen molar-refractivity contribution in [2.75, 3.05) is 11.9 Å². The highest BCUT2D eigenvalue weighted by molar-refractivity contribution is 5.90. The highest BCUT2D eigenvalue weighted by Crippen LogP contribution is 2.20. The van der Waals surface area contributed by atoms with E-state index in [0.29, 0.717) is 24.7 Å². The Kier molecular flexibility index (Phi) is 9.08. The largest absolute Gasteiger partial charge is 0.330 e. The van der Waals surface area contributed by atoms with Crippen LogP contribution in [0, 0.1) is 0 Å². The van der Waals surface area contributed by atoms with Crippen molar-refractivity contribution in [1.82, 2.24) is 19.7 Å². The summed E-state index contributed by atoms with van der Waals surface area (Å²) in [5.41, 5.74) is 6.36. The lowest BCUT2D eigenvalue weighted by atomic mass is 10.1. The number of anilines is 1. The quantitative estimate of drug-likeness (QED) is 0.664. The van der Waals surface area contributed by atoms with Crippen molar-refractivity contribution < 1.29 is 4.79 Å². The van der Waals surface area contributed by atoms with Gasteiger partial charge < -0.3 is 11.1 Å². The van der Waals surface area contributed by atoms with Crippen molar-refractivity contribution in [3.63, 3.8) is 0 Å². The molecule has 3 N–H and O–H groups in total. The average molecular weight is 367 g/mol. The normalized spacial score (nSPS) is 10.6. The van der Waals surface area contributed by atoms with Crippen LogP contribution in [0.1, 0.15) is 57.6 Å². The van der Waals surface area contributed by atoms with Crippen molar-refractivity contribution in [2.24, 2.45) is 5.73 Å². The van der Waals surface area contributed by atoms with Crippen molar-refractivity contribution in [3.8, 4) is 5.95 Å². The summed E-state index contributed by atoms with van der Waals surface area (Å²) in [7, 11) is 0. The highest BCUT2D eigenvalue weighted by atomic mass is 35.5. The molecule has 0 saturated carbocycles. The number of rotatable bonds is 9. The lowest BCUT2D eigenvalue weighted by Crippen LogP contribution is -2.15. The van der Waals surface area contributed by atoms with E-state index in [0.717, 1.165) is 31.4 Å². The van der Waals surface area contributed by atoms with Crippen molar-refractivity contribution in [2.45, 2.75) is 51.9 Å². The van der Waals surface area contributed by atoms with E-state index >= 15 is 0 Å². The third-order valence-electron chi connectivity index (χ3n) is 3.69. The van der Waals surface area contributed by atoms with Crippen LogP contribution in [0.5, 0.6) is 0 Å². The zero-order valence-corrected chi connectivity index (χ0v) is 15.6. The topological polar surface area (TPSA) is 98.7 Å². The first-order chi connectivity index (χ1) is 11.6. The standard InChI is InChI=1S/C17H26N6O.ClH/c1-13(2)14-12-15(21-16(24)8-5-3-4-6-9-18)23(22-14)17-19-10-7-11-20-17;/h7,10-13H,3-6,8-9,18H2,1-2H3,(H,21,24);1H. The van der Waals surface area contributed by atoms with E-state index in [4.69, 9.17) is 5.73 Å². The van der Waals surface area contributed by atoms with Crippen LogP contribution < -0.4 is 11.1 Å². The Labute approximate surface area is 154 Å². The third-order valence-corrected chi connectivity index (χ3v) is 3.69. The third kappa shape index (κ3) is 6.43. The summed E-state index contributed by atoms with van der Waals surface area (Å²) >= 11 is 0. The molecule has 0 saturated heterocycles. The Bertz CT molecular complexity index is 644. The van der Waals surface area contributed by atoms with E-state index in [-0.39, 0.29) is 24.2 Å². The van der Waals surface area contributed by atoms with Gasteiger partial charge in [-0.1, -0.05) is 26.7 Å². The number of halogens is 1. The smallest absolute Gasteiger partial charge is 0.252 e. The fourth-order valence-corrected chi connectivity index (χ4v) is 2.31. The highest BCUT2D eigenvalue weighted by Gasteiger charge is 2.15. The zero-order valence-electron chi connectivity index (χ0n) is 14.8. The van der Waals surface area contributed by atoms with E-state index in [2.05, 4.69) is 34.2 Å². The van der Waals surface area contributed by atoms with Crippen molar-refractivity contribution in [1.29, 1.82) is 0 Å². The molecule has 7 nitrogen and oxygen atoms in total. The van der Waals surface area contributed by atoms with Crippen LogP contribution >= 0.6 is 12.4 Å². The molecule has 2 rings (SSSR count). The monoisotopic (exact) mass is 366 g/mol. The van der Waals surface area contributed by atoms with Crippen LogP contribution in [0.3, 0.4) is 0 Å². The summed E-state index contributed by atoms with van der Waals surface area (Å²) in [4.78, 5) is 20.6. The van der Waals surface area contributed by atoms with Gasteiger partial charge in [0, 0.05) is 24.9 Å². The second-order valence-corrected chi connectivity index (χ2v) is 6.07. The van der Waals surface area contributed by atoms with Gasteiger partial charge in [0.1, 0.15) is 5.82 Å². The van der Waals surface area contributed by atoms with Gasteiger partial charge in [-0.25, -0.2) is 9.97 Å². The number of aromatic nitrogens is 4. The molecule has 0 aromatic carbocycles. The maximum Gasteiger partial charge on any atom is 0.252 e. The average Bonchev–Trinajstić information content (AvgIpc) is 2.99. The Morgan fingerprint density at radius 3 is 2.52 bits per heavy atom. The number of hydrogen-bond acceptors (Lipinski definition) is 5. The molecule has 0 spiro atoms. The lowest BCUT2D eigenvalue weighted by Gasteiger charge is -2.07. The molecule has 2 heterocycles. The molecule has 0 aliphatic carbocycles. The summed E-state index contributed by atoms with van der Waals surface area (Å²) in [5.74, 6) is 1.29. The van der Waals surface area contributed by atoms with Crippen LogP contribution in [-0.4, -0.2) is 32.2 Å². The first-order valence-corrected chi connectivity index (χ1v) is 8.49. The Morgan fingerprint density at radius 2 is 1.88 bits per heavy atom. The molecule has 0 bridgehead atoms. The van der Waals surface area contributed by atoms with E-state index in [1.54, 1.807) is 23.1 Å². The number of nitrogens with two attached hydrogens (primary N) is 1. The van der Waals surface area contributed by atoms with E-state index < -0.39 is 0 Å². The number of hydrogen-bond donors (Lipinski definition) is 2. The summed E-state index contributed by atoms with van der Waals surface area (Å²) in [5, 5.41) is 7.45. The molecular formula is C17H27ClN6O. The van der Waals surface area contributed by atoms with Gasteiger partial charge in [0.25, 0.3) is 5.95 Å². The van der Waals surface area contributed by atoms with E-state index in [1.165, 1.54) is 0 Å². The van der Waals surface area contributed by atoms with E-state index in [9.17, 15) is 4.79 Å². The SMILES string of the molecule is CC(C)c1cc(NC(=O)CCCCCCN)n(-c2ncccn2)n1.Cl. The fraction of sp³-hybridized carbons (Fsp3) is 0.529. The number of unbranched alkanes of at least 4 members (excludes halogenated alkanes) is 3. The van der Waals surface area contributed by atoms with Gasteiger partial charge in [-0.2, -0.15) is 9.78 Å². The van der Waals surface area contributed by atoms with E-state index in [1.807, 2.05) is 6.07 Å². The zero-order chi connectivity index (χ0) is 17.4. The lowest BCUT2D eigenvalue weighted by molar-refractivity contribution is -0.116. The van der Waals surface area contributed by atoms with Crippen molar-refractivity contribution >= 4 is 24.1 Å². The minimum Gasteiger partial charge on any atom is -0.330 e. The summed E-state index contributed by atoms with van der Waals surface area (Å²) < 4.78 is 1.58. The van der Waals surface area contributed by atoms with Crippen LogP contribution in [-0.2, 0) is 4.79 Å². The van der Waals surface area contributed by atoms with Gasteiger partial charge in [0.2, 0.25) is 5.91 Å². The van der Waals surface area contributed by atoms with Crippen LogP contribution in [0.15, 0.2) is 24.5 Å². The maximum atomic E-state index is 12.2. The van der Waals surface area contributed by atoms with Gasteiger partial charge >= 0.3 is 0 Å². The predicted molar refractivity (Wildman–Crippen MR) is 101 cm³/mol. The van der Waals surface area contributed by atoms with Gasteiger partial charge in [-0.3, -0.25) is 4.79 Å². The number of nitrogens with one attached hydrogen (secondary N) is 1. The molecular weight excluding hydrogens is 340 g/mol. The summed E-state index contributed by atoms with van der Waals surface area (Å²) in [6.07, 6.45) is 7.75. The number of amides is 1. The Morgan fingerprint density at radius 1 is 1.20 bits per heavy atom. The van der Waals surface area contributed by atoms with Gasteiger partial charge in [0.15, 0.2) is 0 Å². The fourth-order valence-electron chi connectivity index (χ4n) is 2.31. The Balaban J connectivity index is 0.00000312. The van der Waals surface area contributed by atoms with Gasteiger partial charge in [0.05, 0.1) is 5.69 Å². The van der Waals surface area contributed by atoms with Gasteiger partial charge in [-0.15, -0.1) is 12.4 Å². The molecule has 0 radical (unpaired) electrons. The molecule has 138 valence electrons. The first-order valence-electron chi connectivity index (χ1n) is 8.49. The Hall–Kier alpha value is -1.99. The predicted octanol–water partition coefficient (Wildman–Crippen LogP) is 3.06. The van der Waals surface area contributed by atoms with Crippen molar-refractivity contribution in [3.05, 3.63) is 30.2 Å². The molecule has 0 aliphatic heterocycles. The molecule has 0 atom stereocenters. The minimum absolute atomic E-state index is 0. The molecule has 0 fully saturated rings. The molecule has 0 aliphatic rings. The summed E-state index contributed by atoms with van der Waals surface area (Å²) in [6.45, 7) is 4.82. The van der Waals surface area contributed by atoms with Crippen LogP contribution in [0.25, 0.3) is 5.95 Å². The second-order valence-electron chi connectivity index (χ2n) is 6.07. The molecule has 0 unspecified atom stereocenters. The minimum atomic E-state index is -0.0184. The summed E-state index contributed by atoms with van der Waals surface area (Å²) in [6, 6.07) is 3.63. The molecule has 2 aromatic heterocycles. The van der Waals surface area contributed by atoms with Crippen LogP contribution in [0.2, 0.25) is 0 Å².